The highest BCUT2D eigenvalue weighted by molar-refractivity contribution is 6.00. The lowest BCUT2D eigenvalue weighted by Crippen LogP contribution is -2.45. The Hall–Kier alpha value is -6.28. The van der Waals surface area contributed by atoms with Crippen LogP contribution in [0.1, 0.15) is 83.8 Å². The van der Waals surface area contributed by atoms with E-state index in [-0.39, 0.29) is 42.3 Å². The summed E-state index contributed by atoms with van der Waals surface area (Å²) in [6.45, 7) is 6.93. The highest BCUT2D eigenvalue weighted by Gasteiger charge is 2.59. The van der Waals surface area contributed by atoms with Crippen LogP contribution in [0.2, 0.25) is 0 Å². The number of nitrogens with one attached hydrogen (secondary N) is 1. The van der Waals surface area contributed by atoms with Crippen molar-refractivity contribution in [2.75, 3.05) is 37.7 Å². The summed E-state index contributed by atoms with van der Waals surface area (Å²) in [6, 6.07) is 26.6. The number of ether oxygens (including phenoxy) is 1. The van der Waals surface area contributed by atoms with E-state index in [1.165, 1.54) is 10.1 Å². The fourth-order valence-corrected chi connectivity index (χ4v) is 9.53. The third-order valence-electron chi connectivity index (χ3n) is 12.7. The Morgan fingerprint density at radius 3 is 2.36 bits per heavy atom. The number of para-hydroxylation sites is 1. The Bertz CT molecular complexity index is 2680. The first-order chi connectivity index (χ1) is 28.2. The number of H-pyrrole nitrogens is 1. The highest BCUT2D eigenvalue weighted by Crippen LogP contribution is 2.56. The molecule has 1 unspecified atom stereocenters. The second kappa shape index (κ2) is 14.0. The molecule has 3 aliphatic heterocycles. The van der Waals surface area contributed by atoms with Crippen LogP contribution >= 0.6 is 0 Å². The maximum atomic E-state index is 15.2. The summed E-state index contributed by atoms with van der Waals surface area (Å²) in [6.07, 6.45) is 2.79. The number of rotatable bonds is 8. The van der Waals surface area contributed by atoms with Crippen LogP contribution in [-0.4, -0.2) is 78.8 Å². The minimum Gasteiger partial charge on any atom is -0.381 e. The molecule has 4 aliphatic rings. The lowest BCUT2D eigenvalue weighted by molar-refractivity contribution is 0.0658. The number of hydrogen-bond donors (Lipinski definition) is 1. The van der Waals surface area contributed by atoms with E-state index >= 15 is 4.79 Å². The number of hydrogen-bond acceptors (Lipinski definition) is 8. The minimum absolute atomic E-state index is 0.0465. The number of amides is 3. The summed E-state index contributed by atoms with van der Waals surface area (Å²) in [5.41, 5.74) is 4.06. The van der Waals surface area contributed by atoms with Gasteiger partial charge in [0.1, 0.15) is 11.2 Å². The summed E-state index contributed by atoms with van der Waals surface area (Å²) >= 11 is 0. The second-order valence-electron chi connectivity index (χ2n) is 16.1. The molecular weight excluding hydrogens is 737 g/mol. The average Bonchev–Trinajstić information content (AvgIpc) is 3.55. The van der Waals surface area contributed by atoms with Crippen molar-refractivity contribution < 1.29 is 18.8 Å². The van der Waals surface area contributed by atoms with Gasteiger partial charge in [0.15, 0.2) is 5.82 Å². The zero-order chi connectivity index (χ0) is 39.7. The van der Waals surface area contributed by atoms with Gasteiger partial charge in [0.2, 0.25) is 5.95 Å². The van der Waals surface area contributed by atoms with E-state index in [1.54, 1.807) is 14.7 Å². The molecule has 3 amide bonds. The third-order valence-corrected chi connectivity index (χ3v) is 12.7. The molecule has 0 radical (unpaired) electrons. The van der Waals surface area contributed by atoms with E-state index in [0.717, 1.165) is 29.3 Å². The summed E-state index contributed by atoms with van der Waals surface area (Å²) in [7, 11) is 0. The van der Waals surface area contributed by atoms with Crippen molar-refractivity contribution in [2.45, 2.75) is 63.6 Å². The van der Waals surface area contributed by atoms with Crippen molar-refractivity contribution in [3.8, 4) is 5.69 Å². The summed E-state index contributed by atoms with van der Waals surface area (Å²) < 4.78 is 14.2. The van der Waals surface area contributed by atoms with Crippen molar-refractivity contribution in [1.29, 1.82) is 0 Å². The first kappa shape index (κ1) is 36.1. The number of fused-ring (bicyclic) bond motifs is 2. The Balaban J connectivity index is 1.06. The SMILES string of the molecule is C[C@H]1c2nc(N3CCN(Cc4ccccc4)C3=O)n(-c3ccccc3)c(=O)c2CCN1C(=O)c1cc2cc(C3CCOCC3)ccc2n1C1(c2noc(=O)[nH]2)C[C@@H]1C. The van der Waals surface area contributed by atoms with E-state index < -0.39 is 17.3 Å². The lowest BCUT2D eigenvalue weighted by atomic mass is 9.91. The van der Waals surface area contributed by atoms with Crippen LogP contribution in [0.15, 0.2) is 99.0 Å². The Labute approximate surface area is 333 Å². The number of anilines is 1. The Kier molecular flexibility index (Phi) is 8.70. The maximum absolute atomic E-state index is 15.2. The van der Waals surface area contributed by atoms with Crippen LogP contribution in [0.5, 0.6) is 0 Å². The zero-order valence-electron chi connectivity index (χ0n) is 32.5. The standard InChI is InChI=1S/C44H44N8O6/c1-27-25-44(27,40-46-42(55)58-47-40)52-35-14-13-31(30-16-21-57-22-17-30)23-32(35)24-36(52)39(54)49-18-15-34-37(28(49)2)45-41(51(38(34)53)33-11-7-4-8-12-33)50-20-19-48(43(50)56)26-29-9-5-3-6-10-29/h3-14,23-24,27-28,30H,15-22,25-26H2,1-2H3,(H,46,47,55)/t27-,28-,44?/m0/s1. The quantitative estimate of drug-likeness (QED) is 0.205. The van der Waals surface area contributed by atoms with Crippen molar-refractivity contribution in [1.82, 2.24) is 34.1 Å². The van der Waals surface area contributed by atoms with E-state index in [9.17, 15) is 14.4 Å². The van der Waals surface area contributed by atoms with Gasteiger partial charge in [-0.2, -0.15) is 0 Å². The molecule has 296 valence electrons. The predicted octanol–water partition coefficient (Wildman–Crippen LogP) is 5.74. The molecule has 1 N–H and O–H groups in total. The van der Waals surface area contributed by atoms with Gasteiger partial charge >= 0.3 is 11.8 Å². The van der Waals surface area contributed by atoms with Crippen molar-refractivity contribution in [3.63, 3.8) is 0 Å². The first-order valence-electron chi connectivity index (χ1n) is 20.2. The molecule has 0 bridgehead atoms. The Morgan fingerprint density at radius 2 is 1.66 bits per heavy atom. The molecule has 1 saturated carbocycles. The molecule has 1 aliphatic carbocycles. The molecule has 3 atom stereocenters. The van der Waals surface area contributed by atoms with Crippen molar-refractivity contribution in [3.05, 3.63) is 140 Å². The van der Waals surface area contributed by atoms with Gasteiger partial charge in [-0.1, -0.05) is 66.7 Å². The number of urea groups is 1. The predicted molar refractivity (Wildman–Crippen MR) is 215 cm³/mol. The van der Waals surface area contributed by atoms with Crippen LogP contribution < -0.4 is 16.2 Å². The first-order valence-corrected chi connectivity index (χ1v) is 20.2. The van der Waals surface area contributed by atoms with Crippen LogP contribution in [0, 0.1) is 5.92 Å². The average molecular weight is 781 g/mol. The summed E-state index contributed by atoms with van der Waals surface area (Å²) in [5.74, 6) is 0.133. The number of aromatic amines is 1. The van der Waals surface area contributed by atoms with Crippen LogP contribution in [0.4, 0.5) is 10.7 Å². The molecule has 3 fully saturated rings. The molecule has 3 aromatic heterocycles. The lowest BCUT2D eigenvalue weighted by Gasteiger charge is -2.36. The fourth-order valence-electron chi connectivity index (χ4n) is 9.53. The van der Waals surface area contributed by atoms with Gasteiger partial charge in [-0.3, -0.25) is 24.0 Å². The van der Waals surface area contributed by atoms with Gasteiger partial charge in [0, 0.05) is 55.9 Å². The van der Waals surface area contributed by atoms with Crippen molar-refractivity contribution in [2.24, 2.45) is 5.92 Å². The molecule has 14 nitrogen and oxygen atoms in total. The van der Waals surface area contributed by atoms with E-state index in [0.29, 0.717) is 73.6 Å². The molecule has 3 aromatic carbocycles. The Morgan fingerprint density at radius 1 is 0.914 bits per heavy atom. The summed E-state index contributed by atoms with van der Waals surface area (Å²) in [5, 5.41) is 5.07. The molecule has 10 rings (SSSR count). The zero-order valence-corrected chi connectivity index (χ0v) is 32.5. The van der Waals surface area contributed by atoms with E-state index in [4.69, 9.17) is 14.2 Å². The normalized spacial score (nSPS) is 22.2. The van der Waals surface area contributed by atoms with Crippen LogP contribution in [0.3, 0.4) is 0 Å². The summed E-state index contributed by atoms with van der Waals surface area (Å²) in [4.78, 5) is 69.3. The third kappa shape index (κ3) is 5.79. The van der Waals surface area contributed by atoms with Gasteiger partial charge in [-0.25, -0.2) is 19.1 Å². The second-order valence-corrected chi connectivity index (χ2v) is 16.1. The minimum atomic E-state index is -0.799. The maximum Gasteiger partial charge on any atom is 0.438 e. The fraction of sp³-hybridized carbons (Fsp3) is 0.364. The van der Waals surface area contributed by atoms with Crippen LogP contribution in [-0.2, 0) is 23.2 Å². The molecular formula is C44H44N8O6. The van der Waals surface area contributed by atoms with Gasteiger partial charge in [-0.15, -0.1) is 0 Å². The molecule has 58 heavy (non-hydrogen) atoms. The van der Waals surface area contributed by atoms with Crippen molar-refractivity contribution >= 4 is 28.8 Å². The van der Waals surface area contributed by atoms with Gasteiger partial charge in [0.05, 0.1) is 17.4 Å². The number of carbonyl (C=O) groups excluding carboxylic acids is 2. The topological polar surface area (TPSA) is 152 Å². The van der Waals surface area contributed by atoms with Gasteiger partial charge < -0.3 is 19.1 Å². The number of benzene rings is 3. The number of aromatic nitrogens is 5. The van der Waals surface area contributed by atoms with Crippen LogP contribution in [0.25, 0.3) is 16.6 Å². The molecule has 6 heterocycles. The van der Waals surface area contributed by atoms with Gasteiger partial charge in [0.25, 0.3) is 11.5 Å². The highest BCUT2D eigenvalue weighted by atomic mass is 16.5. The van der Waals surface area contributed by atoms with E-state index in [2.05, 4.69) is 35.3 Å². The molecule has 6 aromatic rings. The molecule has 0 spiro atoms. The van der Waals surface area contributed by atoms with Gasteiger partial charge in [-0.05, 0) is 85.9 Å². The largest absolute Gasteiger partial charge is 0.438 e. The van der Waals surface area contributed by atoms with E-state index in [1.807, 2.05) is 78.2 Å². The molecule has 14 heteroatoms. The number of carbonyl (C=O) groups is 2. The monoisotopic (exact) mass is 780 g/mol. The number of nitrogens with zero attached hydrogens (tertiary/aromatic N) is 7. The molecule has 2 saturated heterocycles. The smallest absolute Gasteiger partial charge is 0.381 e.